The number of aliphatic hydroxyl groups is 1. The number of anilines is 1. The molecule has 0 saturated heterocycles. The Kier molecular flexibility index (Phi) is 3.16. The molecular weight excluding hydrogens is 190 g/mol. The van der Waals surface area contributed by atoms with E-state index in [1.807, 2.05) is 0 Å². The molecule has 1 heterocycles. The summed E-state index contributed by atoms with van der Waals surface area (Å²) < 4.78 is 0. The van der Waals surface area contributed by atoms with Gasteiger partial charge in [-0.15, -0.1) is 0 Å². The molecule has 1 N–H and O–H groups in total. The zero-order chi connectivity index (χ0) is 10.7. The average Bonchev–Trinajstić information content (AvgIpc) is 3.10. The minimum Gasteiger partial charge on any atom is -0.390 e. The van der Waals surface area contributed by atoms with Crippen LogP contribution in [0.25, 0.3) is 0 Å². The van der Waals surface area contributed by atoms with E-state index < -0.39 is 0 Å². The van der Waals surface area contributed by atoms with Gasteiger partial charge in [0.25, 0.3) is 0 Å². The van der Waals surface area contributed by atoms with E-state index >= 15 is 0 Å². The molecule has 0 aliphatic heterocycles. The monoisotopic (exact) mass is 207 g/mol. The van der Waals surface area contributed by atoms with Crippen LogP contribution in [0.4, 0.5) is 5.82 Å². The zero-order valence-corrected chi connectivity index (χ0v) is 9.06. The lowest BCUT2D eigenvalue weighted by Crippen LogP contribution is -2.26. The summed E-state index contributed by atoms with van der Waals surface area (Å²) in [6, 6.07) is 0. The van der Waals surface area contributed by atoms with Crippen molar-refractivity contribution in [3.8, 4) is 0 Å². The molecule has 82 valence electrons. The Bertz CT molecular complexity index is 308. The molecule has 4 nitrogen and oxygen atoms in total. The molecule has 2 rings (SSSR count). The largest absolute Gasteiger partial charge is 0.390 e. The highest BCUT2D eigenvalue weighted by Crippen LogP contribution is 2.30. The molecule has 0 bridgehead atoms. The van der Waals surface area contributed by atoms with E-state index in [0.29, 0.717) is 5.69 Å². The lowest BCUT2D eigenvalue weighted by Gasteiger charge is -2.21. The van der Waals surface area contributed by atoms with Crippen molar-refractivity contribution in [1.29, 1.82) is 0 Å². The molecule has 1 aliphatic carbocycles. The Balaban J connectivity index is 2.03. The minimum atomic E-state index is -0.0397. The number of aliphatic hydroxyl groups excluding tert-OH is 1. The molecule has 0 atom stereocenters. The minimum absolute atomic E-state index is 0.0397. The first-order valence-electron chi connectivity index (χ1n) is 5.50. The molecule has 1 aliphatic rings. The summed E-state index contributed by atoms with van der Waals surface area (Å²) in [5, 5.41) is 8.86. The van der Waals surface area contributed by atoms with Gasteiger partial charge < -0.3 is 10.0 Å². The summed E-state index contributed by atoms with van der Waals surface area (Å²) in [4.78, 5) is 10.7. The van der Waals surface area contributed by atoms with E-state index in [1.54, 1.807) is 12.4 Å². The predicted molar refractivity (Wildman–Crippen MR) is 58.6 cm³/mol. The Morgan fingerprint density at radius 1 is 1.40 bits per heavy atom. The highest BCUT2D eigenvalue weighted by Gasteiger charge is 2.24. The van der Waals surface area contributed by atoms with Crippen molar-refractivity contribution in [2.24, 2.45) is 5.92 Å². The number of rotatable bonds is 5. The van der Waals surface area contributed by atoms with Crippen LogP contribution in [0.5, 0.6) is 0 Å². The van der Waals surface area contributed by atoms with Gasteiger partial charge >= 0.3 is 0 Å². The van der Waals surface area contributed by atoms with Crippen molar-refractivity contribution in [3.05, 3.63) is 18.1 Å². The van der Waals surface area contributed by atoms with Gasteiger partial charge in [0.2, 0.25) is 0 Å². The first-order valence-corrected chi connectivity index (χ1v) is 5.50. The molecule has 0 spiro atoms. The van der Waals surface area contributed by atoms with Crippen LogP contribution in [0.3, 0.4) is 0 Å². The zero-order valence-electron chi connectivity index (χ0n) is 9.06. The van der Waals surface area contributed by atoms with Gasteiger partial charge in [-0.05, 0) is 25.7 Å². The highest BCUT2D eigenvalue weighted by molar-refractivity contribution is 5.35. The van der Waals surface area contributed by atoms with Crippen molar-refractivity contribution < 1.29 is 5.11 Å². The molecule has 0 aromatic carbocycles. The molecule has 0 unspecified atom stereocenters. The Morgan fingerprint density at radius 2 is 2.20 bits per heavy atom. The lowest BCUT2D eigenvalue weighted by atomic mass is 10.3. The summed E-state index contributed by atoms with van der Waals surface area (Å²) in [5.74, 6) is 1.77. The Labute approximate surface area is 90.0 Å². The highest BCUT2D eigenvalue weighted by atomic mass is 16.3. The molecule has 1 fully saturated rings. The molecule has 0 radical (unpaired) electrons. The molecule has 1 aromatic rings. The first-order chi connectivity index (χ1) is 7.33. The van der Waals surface area contributed by atoms with Crippen molar-refractivity contribution >= 4 is 5.82 Å². The van der Waals surface area contributed by atoms with Gasteiger partial charge in [0.15, 0.2) is 0 Å². The van der Waals surface area contributed by atoms with Gasteiger partial charge in [-0.2, -0.15) is 0 Å². The molecule has 0 amide bonds. The number of hydrogen-bond donors (Lipinski definition) is 1. The first kappa shape index (κ1) is 10.4. The topological polar surface area (TPSA) is 49.2 Å². The molecular formula is C11H17N3O. The quantitative estimate of drug-likeness (QED) is 0.788. The average molecular weight is 207 g/mol. The van der Waals surface area contributed by atoms with E-state index in [9.17, 15) is 0 Å². The van der Waals surface area contributed by atoms with Crippen LogP contribution in [0.1, 0.15) is 25.5 Å². The van der Waals surface area contributed by atoms with Gasteiger partial charge in [0.05, 0.1) is 24.7 Å². The summed E-state index contributed by atoms with van der Waals surface area (Å²) in [5.41, 5.74) is 0.626. The van der Waals surface area contributed by atoms with E-state index in [1.165, 1.54) is 12.8 Å². The lowest BCUT2D eigenvalue weighted by molar-refractivity contribution is 0.276. The number of aromatic nitrogens is 2. The van der Waals surface area contributed by atoms with E-state index in [-0.39, 0.29) is 6.61 Å². The van der Waals surface area contributed by atoms with Gasteiger partial charge in [-0.25, -0.2) is 4.98 Å². The maximum absolute atomic E-state index is 8.86. The van der Waals surface area contributed by atoms with Gasteiger partial charge in [-0.1, -0.05) is 0 Å². The van der Waals surface area contributed by atoms with Crippen molar-refractivity contribution in [2.45, 2.75) is 26.4 Å². The standard InChI is InChI=1S/C11H17N3O/c1-2-14(7-9-3-4-9)11-6-12-10(8-15)5-13-11/h5-6,9,15H,2-4,7-8H2,1H3. The van der Waals surface area contributed by atoms with Crippen molar-refractivity contribution in [3.63, 3.8) is 0 Å². The molecule has 4 heteroatoms. The Hall–Kier alpha value is -1.16. The predicted octanol–water partition coefficient (Wildman–Crippen LogP) is 1.21. The maximum Gasteiger partial charge on any atom is 0.147 e. The summed E-state index contributed by atoms with van der Waals surface area (Å²) >= 11 is 0. The fraction of sp³-hybridized carbons (Fsp3) is 0.636. The van der Waals surface area contributed by atoms with E-state index in [4.69, 9.17) is 5.11 Å². The fourth-order valence-electron chi connectivity index (χ4n) is 1.59. The summed E-state index contributed by atoms with van der Waals surface area (Å²) in [6.07, 6.45) is 6.08. The SMILES string of the molecule is CCN(CC1CC1)c1cnc(CO)cn1. The van der Waals surface area contributed by atoms with E-state index in [2.05, 4.69) is 21.8 Å². The van der Waals surface area contributed by atoms with Crippen LogP contribution < -0.4 is 4.90 Å². The van der Waals surface area contributed by atoms with Crippen LogP contribution in [0.15, 0.2) is 12.4 Å². The van der Waals surface area contributed by atoms with Crippen LogP contribution in [0.2, 0.25) is 0 Å². The van der Waals surface area contributed by atoms with Crippen LogP contribution >= 0.6 is 0 Å². The van der Waals surface area contributed by atoms with Crippen LogP contribution in [-0.4, -0.2) is 28.2 Å². The number of nitrogens with zero attached hydrogens (tertiary/aromatic N) is 3. The molecule has 1 saturated carbocycles. The van der Waals surface area contributed by atoms with Crippen molar-refractivity contribution in [1.82, 2.24) is 9.97 Å². The van der Waals surface area contributed by atoms with Crippen LogP contribution in [0, 0.1) is 5.92 Å². The summed E-state index contributed by atoms with van der Waals surface area (Å²) in [7, 11) is 0. The van der Waals surface area contributed by atoms with Gasteiger partial charge in [0.1, 0.15) is 5.82 Å². The third kappa shape index (κ3) is 2.65. The second kappa shape index (κ2) is 4.57. The molecule has 15 heavy (non-hydrogen) atoms. The second-order valence-corrected chi connectivity index (χ2v) is 4.01. The smallest absolute Gasteiger partial charge is 0.147 e. The summed E-state index contributed by atoms with van der Waals surface area (Å²) in [6.45, 7) is 4.14. The van der Waals surface area contributed by atoms with Gasteiger partial charge in [-0.3, -0.25) is 4.98 Å². The fourth-order valence-corrected chi connectivity index (χ4v) is 1.59. The third-order valence-electron chi connectivity index (χ3n) is 2.73. The van der Waals surface area contributed by atoms with Crippen molar-refractivity contribution in [2.75, 3.05) is 18.0 Å². The number of hydrogen-bond acceptors (Lipinski definition) is 4. The Morgan fingerprint density at radius 3 is 2.67 bits per heavy atom. The second-order valence-electron chi connectivity index (χ2n) is 4.01. The third-order valence-corrected chi connectivity index (χ3v) is 2.73. The molecule has 1 aromatic heterocycles. The maximum atomic E-state index is 8.86. The van der Waals surface area contributed by atoms with Gasteiger partial charge in [0, 0.05) is 13.1 Å². The van der Waals surface area contributed by atoms with E-state index in [0.717, 1.165) is 24.8 Å². The van der Waals surface area contributed by atoms with Crippen LogP contribution in [-0.2, 0) is 6.61 Å². The normalized spacial score (nSPS) is 15.3.